The molecule has 4 aromatic rings. The van der Waals surface area contributed by atoms with Crippen molar-refractivity contribution >= 4 is 35.6 Å². The molecule has 0 atom stereocenters. The zero-order valence-corrected chi connectivity index (χ0v) is 22.9. The molecule has 0 radical (unpaired) electrons. The minimum absolute atomic E-state index is 0. The highest BCUT2D eigenvalue weighted by Gasteiger charge is 2.31. The smallest absolute Gasteiger partial charge is 0.490 e. The summed E-state index contributed by atoms with van der Waals surface area (Å²) in [6, 6.07) is 13.2. The maximum absolute atomic E-state index is 14.8. The van der Waals surface area contributed by atoms with Crippen LogP contribution in [0.3, 0.4) is 0 Å². The van der Waals surface area contributed by atoms with Gasteiger partial charge in [-0.15, -0.1) is 25.6 Å². The van der Waals surface area contributed by atoms with Crippen molar-refractivity contribution < 1.29 is 36.6 Å². The second-order valence-corrected chi connectivity index (χ2v) is 9.76. The minimum atomic E-state index is -4.75. The second kappa shape index (κ2) is 12.9. The van der Waals surface area contributed by atoms with Gasteiger partial charge >= 0.3 is 6.36 Å². The van der Waals surface area contributed by atoms with Gasteiger partial charge in [0.2, 0.25) is 0 Å². The minimum Gasteiger partial charge on any atom is -0.490 e. The number of hydrogen-bond acceptors (Lipinski definition) is 5. The molecule has 0 aliphatic heterocycles. The maximum atomic E-state index is 14.8. The third-order valence-electron chi connectivity index (χ3n) is 6.43. The zero-order chi connectivity index (χ0) is 28.3. The van der Waals surface area contributed by atoms with Crippen LogP contribution in [-0.4, -0.2) is 33.9 Å². The van der Waals surface area contributed by atoms with Gasteiger partial charge in [-0.05, 0) is 79.8 Å². The fourth-order valence-electron chi connectivity index (χ4n) is 4.51. The Kier molecular flexibility index (Phi) is 9.49. The molecule has 0 saturated heterocycles. The molecule has 2 heterocycles. The lowest BCUT2D eigenvalue weighted by molar-refractivity contribution is -0.274. The average molecular weight is 614 g/mol. The fourth-order valence-corrected chi connectivity index (χ4v) is 4.67. The number of benzene rings is 2. The molecule has 41 heavy (non-hydrogen) atoms. The molecule has 7 nitrogen and oxygen atoms in total. The molecule has 1 saturated carbocycles. The summed E-state index contributed by atoms with van der Waals surface area (Å²) in [5, 5.41) is 3.22. The van der Waals surface area contributed by atoms with Crippen molar-refractivity contribution in [1.82, 2.24) is 14.7 Å². The predicted molar refractivity (Wildman–Crippen MR) is 145 cm³/mol. The van der Waals surface area contributed by atoms with Gasteiger partial charge in [0.1, 0.15) is 22.8 Å². The van der Waals surface area contributed by atoms with Gasteiger partial charge < -0.3 is 19.5 Å². The zero-order valence-electron chi connectivity index (χ0n) is 21.4. The summed E-state index contributed by atoms with van der Waals surface area (Å²) in [5.41, 5.74) is 1.45. The largest absolute Gasteiger partial charge is 0.573 e. The van der Waals surface area contributed by atoms with Gasteiger partial charge in [0, 0.05) is 12.7 Å². The number of nitrogens with zero attached hydrogens (tertiary/aromatic N) is 2. The molecular weight excluding hydrogens is 589 g/mol. The van der Waals surface area contributed by atoms with Crippen LogP contribution in [0.25, 0.3) is 5.65 Å². The van der Waals surface area contributed by atoms with Gasteiger partial charge in [-0.2, -0.15) is 0 Å². The van der Waals surface area contributed by atoms with Crippen LogP contribution in [0.1, 0.15) is 41.7 Å². The SMILES string of the molecule is Cl.O=C(NCc1ccc(OC2CCC(Oc3ccc(OC(F)(F)F)cc3)CC2)c(F)c1)c1cnc2ccc(Cl)cn12. The molecule has 1 aliphatic rings. The first-order chi connectivity index (χ1) is 19.1. The molecule has 218 valence electrons. The van der Waals surface area contributed by atoms with Gasteiger partial charge in [0.05, 0.1) is 23.4 Å². The first-order valence-electron chi connectivity index (χ1n) is 12.5. The monoisotopic (exact) mass is 613 g/mol. The number of carbonyl (C=O) groups is 1. The molecular formula is C28H25Cl2F4N3O4. The average Bonchev–Trinajstić information content (AvgIpc) is 3.33. The number of alkyl halides is 3. The van der Waals surface area contributed by atoms with Crippen LogP contribution in [0.15, 0.2) is 67.0 Å². The fraction of sp³-hybridized carbons (Fsp3) is 0.286. The van der Waals surface area contributed by atoms with E-state index in [-0.39, 0.29) is 48.6 Å². The predicted octanol–water partition coefficient (Wildman–Crippen LogP) is 7.15. The molecule has 13 heteroatoms. The van der Waals surface area contributed by atoms with Crippen molar-refractivity contribution in [2.75, 3.05) is 0 Å². The summed E-state index contributed by atoms with van der Waals surface area (Å²) in [6.45, 7) is 0.107. The molecule has 0 unspecified atom stereocenters. The Hall–Kier alpha value is -3.70. The van der Waals surface area contributed by atoms with Gasteiger partial charge in [-0.3, -0.25) is 9.20 Å². The van der Waals surface area contributed by atoms with Gasteiger partial charge in [-0.25, -0.2) is 9.37 Å². The summed E-state index contributed by atoms with van der Waals surface area (Å²) in [4.78, 5) is 16.8. The van der Waals surface area contributed by atoms with E-state index in [1.807, 2.05) is 0 Å². The van der Waals surface area contributed by atoms with Crippen molar-refractivity contribution in [1.29, 1.82) is 0 Å². The molecule has 1 N–H and O–H groups in total. The lowest BCUT2D eigenvalue weighted by atomic mass is 9.95. The van der Waals surface area contributed by atoms with Crippen LogP contribution in [0.4, 0.5) is 17.6 Å². The standard InChI is InChI=1S/C28H24ClF4N3O4.ClH/c29-18-2-12-26-34-15-24(36(26)16-18)27(37)35-14-17-1-11-25(23(30)13-17)39-21-5-3-19(4-6-21)38-20-7-9-22(10-8-20)40-28(31,32)33;/h1-2,7-13,15-16,19,21H,3-6,14H2,(H,35,37);1H. The summed E-state index contributed by atoms with van der Waals surface area (Å²) in [6.07, 6.45) is 0.500. The van der Waals surface area contributed by atoms with Crippen LogP contribution in [0, 0.1) is 5.82 Å². The Morgan fingerprint density at radius 1 is 0.976 bits per heavy atom. The molecule has 2 aromatic carbocycles. The highest BCUT2D eigenvalue weighted by Crippen LogP contribution is 2.30. The van der Waals surface area contributed by atoms with E-state index in [2.05, 4.69) is 15.0 Å². The summed E-state index contributed by atoms with van der Waals surface area (Å²) < 4.78 is 68.9. The number of rotatable bonds is 8. The van der Waals surface area contributed by atoms with E-state index in [4.69, 9.17) is 21.1 Å². The van der Waals surface area contributed by atoms with Gasteiger partial charge in [0.15, 0.2) is 11.6 Å². The van der Waals surface area contributed by atoms with E-state index in [0.717, 1.165) is 0 Å². The lowest BCUT2D eigenvalue weighted by Crippen LogP contribution is -2.30. The van der Waals surface area contributed by atoms with Gasteiger partial charge in [-0.1, -0.05) is 17.7 Å². The van der Waals surface area contributed by atoms with Crippen molar-refractivity contribution in [2.24, 2.45) is 0 Å². The Balaban J connectivity index is 0.00000387. The van der Waals surface area contributed by atoms with E-state index >= 15 is 0 Å². The number of ether oxygens (including phenoxy) is 3. The quantitative estimate of drug-likeness (QED) is 0.214. The Bertz CT molecular complexity index is 1490. The molecule has 1 fully saturated rings. The van der Waals surface area contributed by atoms with E-state index in [1.54, 1.807) is 28.8 Å². The first kappa shape index (κ1) is 30.3. The Morgan fingerprint density at radius 3 is 2.29 bits per heavy atom. The molecule has 0 spiro atoms. The number of aromatic nitrogens is 2. The molecule has 0 bridgehead atoms. The van der Waals surface area contributed by atoms with Crippen molar-refractivity contribution in [2.45, 2.75) is 50.8 Å². The summed E-state index contributed by atoms with van der Waals surface area (Å²) >= 11 is 6.02. The third kappa shape index (κ3) is 7.95. The number of halogens is 6. The molecule has 2 aromatic heterocycles. The van der Waals surface area contributed by atoms with Crippen LogP contribution < -0.4 is 19.5 Å². The second-order valence-electron chi connectivity index (χ2n) is 9.32. The molecule has 5 rings (SSSR count). The summed E-state index contributed by atoms with van der Waals surface area (Å²) in [5.74, 6) is -0.661. The van der Waals surface area contributed by atoms with Crippen LogP contribution in [0.5, 0.6) is 17.2 Å². The maximum Gasteiger partial charge on any atom is 0.573 e. The number of carbonyl (C=O) groups excluding carboxylic acids is 1. The Morgan fingerprint density at radius 2 is 1.63 bits per heavy atom. The number of imidazole rings is 1. The molecule has 1 amide bonds. The first-order valence-corrected chi connectivity index (χ1v) is 12.9. The van der Waals surface area contributed by atoms with Gasteiger partial charge in [0.25, 0.3) is 5.91 Å². The van der Waals surface area contributed by atoms with Crippen molar-refractivity contribution in [3.8, 4) is 17.2 Å². The van der Waals surface area contributed by atoms with Crippen LogP contribution in [-0.2, 0) is 6.54 Å². The number of pyridine rings is 1. The number of nitrogens with one attached hydrogen (secondary N) is 1. The number of fused-ring (bicyclic) bond motifs is 1. The molecule has 1 aliphatic carbocycles. The lowest BCUT2D eigenvalue weighted by Gasteiger charge is -2.29. The van der Waals surface area contributed by atoms with E-state index in [9.17, 15) is 22.4 Å². The highest BCUT2D eigenvalue weighted by molar-refractivity contribution is 6.30. The van der Waals surface area contributed by atoms with Crippen molar-refractivity contribution in [3.05, 3.63) is 89.1 Å². The van der Waals surface area contributed by atoms with Crippen LogP contribution >= 0.6 is 24.0 Å². The van der Waals surface area contributed by atoms with E-state index in [0.29, 0.717) is 53.4 Å². The topological polar surface area (TPSA) is 74.1 Å². The van der Waals surface area contributed by atoms with E-state index < -0.39 is 12.2 Å². The Labute approximate surface area is 243 Å². The normalized spacial score (nSPS) is 17.0. The number of hydrogen-bond donors (Lipinski definition) is 1. The number of amides is 1. The van der Waals surface area contributed by atoms with E-state index in [1.165, 1.54) is 42.6 Å². The van der Waals surface area contributed by atoms with Crippen molar-refractivity contribution in [3.63, 3.8) is 0 Å². The third-order valence-corrected chi connectivity index (χ3v) is 6.65. The summed E-state index contributed by atoms with van der Waals surface area (Å²) in [7, 11) is 0. The van der Waals surface area contributed by atoms with Crippen LogP contribution in [0.2, 0.25) is 5.02 Å². The highest BCUT2D eigenvalue weighted by atomic mass is 35.5.